The highest BCUT2D eigenvalue weighted by atomic mass is 79.9. The highest BCUT2D eigenvalue weighted by molar-refractivity contribution is 9.10. The Morgan fingerprint density at radius 2 is 1.83 bits per heavy atom. The number of hydrogen-bond acceptors (Lipinski definition) is 3. The highest BCUT2D eigenvalue weighted by Crippen LogP contribution is 2.32. The second-order valence-electron chi connectivity index (χ2n) is 3.44. The molecule has 1 aromatic carbocycles. The van der Waals surface area contributed by atoms with Crippen LogP contribution in [0.3, 0.4) is 0 Å². The molecule has 5 nitrogen and oxygen atoms in total. The molecule has 0 spiro atoms. The predicted molar refractivity (Wildman–Crippen MR) is 73.1 cm³/mol. The average molecular weight is 376 g/mol. The Labute approximate surface area is 123 Å². The molecule has 0 radical (unpaired) electrons. The zero-order chi connectivity index (χ0) is 14.1. The molecular weight excluding hydrogens is 367 g/mol. The third-order valence-electron chi connectivity index (χ3n) is 1.99. The van der Waals surface area contributed by atoms with Gasteiger partial charge in [-0.25, -0.2) is 8.42 Å². The number of primary amides is 1. The van der Waals surface area contributed by atoms with Crippen LogP contribution in [0.25, 0.3) is 0 Å². The minimum atomic E-state index is -4.02. The van der Waals surface area contributed by atoms with E-state index in [-0.39, 0.29) is 14.9 Å². The topological polar surface area (TPSA) is 89.3 Å². The predicted octanol–water partition coefficient (Wildman–Crippen LogP) is 1.91. The van der Waals surface area contributed by atoms with Crippen molar-refractivity contribution < 1.29 is 13.2 Å². The Bertz CT molecular complexity index is 568. The van der Waals surface area contributed by atoms with Gasteiger partial charge >= 0.3 is 0 Å². The lowest BCUT2D eigenvalue weighted by molar-refractivity contribution is -0.119. The summed E-state index contributed by atoms with van der Waals surface area (Å²) in [6.07, 6.45) is 0. The fourth-order valence-electron chi connectivity index (χ4n) is 1.14. The highest BCUT2D eigenvalue weighted by Gasteiger charge is 2.25. The van der Waals surface area contributed by atoms with E-state index in [2.05, 4.69) is 20.7 Å². The SMILES string of the molecule is CC(NS(=O)(=O)c1c(Cl)cc(Br)cc1Cl)C(N)=O. The maximum absolute atomic E-state index is 12.0. The van der Waals surface area contributed by atoms with Crippen LogP contribution >= 0.6 is 39.1 Å². The number of halogens is 3. The van der Waals surface area contributed by atoms with Gasteiger partial charge in [0.2, 0.25) is 15.9 Å². The molecule has 0 bridgehead atoms. The van der Waals surface area contributed by atoms with Gasteiger partial charge in [-0.1, -0.05) is 39.1 Å². The van der Waals surface area contributed by atoms with E-state index in [0.717, 1.165) is 0 Å². The molecule has 1 rings (SSSR count). The number of hydrogen-bond donors (Lipinski definition) is 2. The molecule has 0 aliphatic rings. The van der Waals surface area contributed by atoms with Crippen LogP contribution in [0.5, 0.6) is 0 Å². The molecule has 0 saturated carbocycles. The largest absolute Gasteiger partial charge is 0.368 e. The van der Waals surface area contributed by atoms with Crippen LogP contribution in [0.15, 0.2) is 21.5 Å². The van der Waals surface area contributed by atoms with Gasteiger partial charge in [0, 0.05) is 4.47 Å². The van der Waals surface area contributed by atoms with E-state index in [0.29, 0.717) is 4.47 Å². The van der Waals surface area contributed by atoms with E-state index in [4.69, 9.17) is 28.9 Å². The Morgan fingerprint density at radius 1 is 1.39 bits per heavy atom. The Hall–Kier alpha value is -0.340. The monoisotopic (exact) mass is 374 g/mol. The Balaban J connectivity index is 3.25. The summed E-state index contributed by atoms with van der Waals surface area (Å²) in [7, 11) is -4.02. The number of rotatable bonds is 4. The van der Waals surface area contributed by atoms with Gasteiger partial charge in [-0.15, -0.1) is 0 Å². The van der Waals surface area contributed by atoms with Gasteiger partial charge in [0.25, 0.3) is 0 Å². The standard InChI is InChI=1S/C9H9BrCl2N2O3S/c1-4(9(13)15)14-18(16,17)8-6(11)2-5(10)3-7(8)12/h2-4,14H,1H3,(H2,13,15). The van der Waals surface area contributed by atoms with Crippen molar-refractivity contribution in [3.8, 4) is 0 Å². The van der Waals surface area contributed by atoms with Crippen LogP contribution in [-0.2, 0) is 14.8 Å². The molecule has 1 amide bonds. The lowest BCUT2D eigenvalue weighted by Crippen LogP contribution is -2.42. The van der Waals surface area contributed by atoms with Crippen molar-refractivity contribution >= 4 is 55.1 Å². The lowest BCUT2D eigenvalue weighted by Gasteiger charge is -2.13. The zero-order valence-corrected chi connectivity index (χ0v) is 13.0. The molecule has 9 heteroatoms. The van der Waals surface area contributed by atoms with Gasteiger partial charge in [0.05, 0.1) is 16.1 Å². The Kier molecular flexibility index (Phi) is 5.02. The second kappa shape index (κ2) is 5.75. The normalized spacial score (nSPS) is 13.3. The minimum absolute atomic E-state index is 0.0569. The molecule has 100 valence electrons. The van der Waals surface area contributed by atoms with E-state index in [9.17, 15) is 13.2 Å². The molecule has 3 N–H and O–H groups in total. The number of sulfonamides is 1. The molecule has 1 atom stereocenters. The van der Waals surface area contributed by atoms with Crippen molar-refractivity contribution in [2.45, 2.75) is 17.9 Å². The van der Waals surface area contributed by atoms with E-state index >= 15 is 0 Å². The molecule has 0 saturated heterocycles. The van der Waals surface area contributed by atoms with Crippen LogP contribution in [0.4, 0.5) is 0 Å². The molecular formula is C9H9BrCl2N2O3S. The van der Waals surface area contributed by atoms with Gasteiger partial charge < -0.3 is 5.73 Å². The fraction of sp³-hybridized carbons (Fsp3) is 0.222. The smallest absolute Gasteiger partial charge is 0.244 e. The number of carbonyl (C=O) groups excluding carboxylic acids is 1. The van der Waals surface area contributed by atoms with Crippen molar-refractivity contribution in [3.63, 3.8) is 0 Å². The van der Waals surface area contributed by atoms with Crippen LogP contribution < -0.4 is 10.5 Å². The lowest BCUT2D eigenvalue weighted by atomic mass is 10.4. The first-order valence-electron chi connectivity index (χ1n) is 4.61. The third-order valence-corrected chi connectivity index (χ3v) is 4.91. The number of nitrogens with two attached hydrogens (primary N) is 1. The fourth-order valence-corrected chi connectivity index (χ4v) is 4.28. The molecule has 0 aliphatic carbocycles. The summed E-state index contributed by atoms with van der Waals surface area (Å²) in [6.45, 7) is 1.32. The van der Waals surface area contributed by atoms with Crippen LogP contribution in [0, 0.1) is 0 Å². The van der Waals surface area contributed by atoms with Gasteiger partial charge in [-0.3, -0.25) is 4.79 Å². The molecule has 1 aromatic rings. The van der Waals surface area contributed by atoms with Gasteiger partial charge in [0.15, 0.2) is 0 Å². The van der Waals surface area contributed by atoms with Crippen LogP contribution in [0.1, 0.15) is 6.92 Å². The van der Waals surface area contributed by atoms with Crippen LogP contribution in [0.2, 0.25) is 10.0 Å². The summed E-state index contributed by atoms with van der Waals surface area (Å²) in [6, 6.07) is 1.71. The summed E-state index contributed by atoms with van der Waals surface area (Å²) in [5.41, 5.74) is 4.98. The molecule has 0 fully saturated rings. The first-order chi connectivity index (χ1) is 8.15. The minimum Gasteiger partial charge on any atom is -0.368 e. The molecule has 0 aliphatic heterocycles. The number of amides is 1. The van der Waals surface area contributed by atoms with Crippen molar-refractivity contribution in [3.05, 3.63) is 26.7 Å². The number of carbonyl (C=O) groups is 1. The van der Waals surface area contributed by atoms with Crippen molar-refractivity contribution in [2.75, 3.05) is 0 Å². The molecule has 18 heavy (non-hydrogen) atoms. The van der Waals surface area contributed by atoms with Crippen molar-refractivity contribution in [1.29, 1.82) is 0 Å². The number of benzene rings is 1. The summed E-state index contributed by atoms with van der Waals surface area (Å²) in [4.78, 5) is 10.6. The first-order valence-corrected chi connectivity index (χ1v) is 7.64. The quantitative estimate of drug-likeness (QED) is 0.842. The zero-order valence-electron chi connectivity index (χ0n) is 9.08. The Morgan fingerprint density at radius 3 is 2.22 bits per heavy atom. The van der Waals surface area contributed by atoms with Crippen LogP contribution in [-0.4, -0.2) is 20.4 Å². The molecule has 0 aromatic heterocycles. The van der Waals surface area contributed by atoms with Gasteiger partial charge in [0.1, 0.15) is 4.90 Å². The second-order valence-corrected chi connectivity index (χ2v) is 6.82. The molecule has 1 unspecified atom stereocenters. The molecule has 0 heterocycles. The summed E-state index contributed by atoms with van der Waals surface area (Å²) >= 11 is 14.8. The number of nitrogens with one attached hydrogen (secondary N) is 1. The first kappa shape index (κ1) is 15.7. The van der Waals surface area contributed by atoms with E-state index in [1.165, 1.54) is 19.1 Å². The third kappa shape index (κ3) is 3.58. The van der Waals surface area contributed by atoms with E-state index in [1.54, 1.807) is 0 Å². The van der Waals surface area contributed by atoms with Gasteiger partial charge in [-0.05, 0) is 19.1 Å². The summed E-state index contributed by atoms with van der Waals surface area (Å²) in [5.74, 6) is -0.803. The summed E-state index contributed by atoms with van der Waals surface area (Å²) in [5, 5.41) is -0.114. The van der Waals surface area contributed by atoms with Gasteiger partial charge in [-0.2, -0.15) is 4.72 Å². The van der Waals surface area contributed by atoms with E-state index in [1.807, 2.05) is 0 Å². The summed E-state index contributed by atoms with van der Waals surface area (Å²) < 4.78 is 26.6. The van der Waals surface area contributed by atoms with E-state index < -0.39 is 22.0 Å². The van der Waals surface area contributed by atoms with Crippen molar-refractivity contribution in [2.24, 2.45) is 5.73 Å². The maximum Gasteiger partial charge on any atom is 0.244 e. The average Bonchev–Trinajstić information content (AvgIpc) is 2.13. The maximum atomic E-state index is 12.0. The van der Waals surface area contributed by atoms with Crippen molar-refractivity contribution in [1.82, 2.24) is 4.72 Å².